The van der Waals surface area contributed by atoms with Crippen LogP contribution in [-0.4, -0.2) is 4.21 Å². The number of benzene rings is 3. The van der Waals surface area contributed by atoms with Crippen molar-refractivity contribution in [1.29, 1.82) is 0 Å². The first-order valence-corrected chi connectivity index (χ1v) is 14.6. The molecule has 0 saturated heterocycles. The van der Waals surface area contributed by atoms with Crippen molar-refractivity contribution in [3.05, 3.63) is 126 Å². The first-order valence-electron chi connectivity index (χ1n) is 12.8. The zero-order valence-electron chi connectivity index (χ0n) is 23.9. The fourth-order valence-corrected chi connectivity index (χ4v) is 4.20. The zero-order chi connectivity index (χ0) is 27.0. The summed E-state index contributed by atoms with van der Waals surface area (Å²) in [5.41, 5.74) is 8.76. The van der Waals surface area contributed by atoms with Gasteiger partial charge in [0.05, 0.1) is 0 Å². The van der Waals surface area contributed by atoms with E-state index in [0.29, 0.717) is 11.3 Å². The number of rotatable bonds is 2. The van der Waals surface area contributed by atoms with E-state index < -0.39 is 0 Å². The third-order valence-electron chi connectivity index (χ3n) is 5.88. The maximum absolute atomic E-state index is 3.57. The quantitative estimate of drug-likeness (QED) is 0.194. The number of fused-ring (bicyclic) bond motifs is 3. The summed E-state index contributed by atoms with van der Waals surface area (Å²) in [7, 11) is 0. The van der Waals surface area contributed by atoms with Crippen LogP contribution >= 0.6 is 24.8 Å². The Hall–Kier alpha value is -1.53. The Kier molecular flexibility index (Phi) is 21.7. The van der Waals surface area contributed by atoms with Crippen LogP contribution in [0.25, 0.3) is 11.1 Å². The molecule has 1 unspecified atom stereocenters. The fourth-order valence-electron chi connectivity index (χ4n) is 4.20. The fraction of sp³-hybridized carbons (Fsp3) is 0.314. The minimum absolute atomic E-state index is 0. The molecule has 0 saturated carbocycles. The third kappa shape index (κ3) is 12.1. The number of halogens is 2. The molecular weight excluding hydrogens is 583 g/mol. The second kappa shape index (κ2) is 21.3. The number of hydrogen-bond donors (Lipinski definition) is 0. The molecule has 2 aliphatic rings. The van der Waals surface area contributed by atoms with Gasteiger partial charge in [-0.15, -0.1) is 30.4 Å². The van der Waals surface area contributed by atoms with Gasteiger partial charge in [0.2, 0.25) is 0 Å². The topological polar surface area (TPSA) is 0 Å². The predicted octanol–water partition coefficient (Wildman–Crippen LogP) is 10.3. The minimum atomic E-state index is 0. The average molecular weight is 627 g/mol. The van der Waals surface area contributed by atoms with Gasteiger partial charge in [0.1, 0.15) is 0 Å². The molecule has 0 amide bonds. The summed E-state index contributed by atoms with van der Waals surface area (Å²) in [5, 5.41) is 0. The number of allylic oxidation sites excluding steroid dienone is 4. The summed E-state index contributed by atoms with van der Waals surface area (Å²) in [4.78, 5) is 0. The van der Waals surface area contributed by atoms with Crippen molar-refractivity contribution in [1.82, 2.24) is 0 Å². The van der Waals surface area contributed by atoms with Gasteiger partial charge in [-0.2, -0.15) is 84.8 Å². The van der Waals surface area contributed by atoms with Gasteiger partial charge in [0, 0.05) is 0 Å². The Morgan fingerprint density at radius 1 is 0.868 bits per heavy atom. The molecule has 0 fully saturated rings. The molecule has 38 heavy (non-hydrogen) atoms. The molecule has 0 radical (unpaired) electrons. The van der Waals surface area contributed by atoms with Crippen LogP contribution < -0.4 is 0 Å². The van der Waals surface area contributed by atoms with E-state index in [9.17, 15) is 0 Å². The largest absolute Gasteiger partial charge is 0.184 e. The summed E-state index contributed by atoms with van der Waals surface area (Å²) in [6.45, 7) is 16.3. The zero-order valence-corrected chi connectivity index (χ0v) is 28.0. The Labute approximate surface area is 261 Å². The van der Waals surface area contributed by atoms with Gasteiger partial charge in [-0.1, -0.05) is 94.2 Å². The van der Waals surface area contributed by atoms with Crippen LogP contribution in [0.2, 0.25) is 0 Å². The molecule has 0 heterocycles. The van der Waals surface area contributed by atoms with E-state index in [4.69, 9.17) is 0 Å². The summed E-state index contributed by atoms with van der Waals surface area (Å²) in [6, 6.07) is 30.6. The van der Waals surface area contributed by atoms with E-state index in [0.717, 1.165) is 12.8 Å². The second-order valence-electron chi connectivity index (χ2n) is 9.30. The summed E-state index contributed by atoms with van der Waals surface area (Å²) in [6.07, 6.45) is 9.33. The third-order valence-corrected chi connectivity index (χ3v) is 5.88. The Bertz CT molecular complexity index is 1010. The van der Waals surface area contributed by atoms with Crippen LogP contribution in [0.4, 0.5) is 0 Å². The van der Waals surface area contributed by atoms with E-state index in [1.165, 1.54) is 64.1 Å². The van der Waals surface area contributed by atoms with Crippen LogP contribution in [0.1, 0.15) is 65.5 Å². The summed E-state index contributed by atoms with van der Waals surface area (Å²) < 4.78 is 3.34. The van der Waals surface area contributed by atoms with Crippen LogP contribution in [0.15, 0.2) is 90.0 Å². The van der Waals surface area contributed by atoms with Crippen LogP contribution in [-0.2, 0) is 30.7 Å². The first kappa shape index (κ1) is 38.6. The number of hydrogen-bond acceptors (Lipinski definition) is 0. The van der Waals surface area contributed by atoms with Crippen molar-refractivity contribution in [3.63, 3.8) is 0 Å². The van der Waals surface area contributed by atoms with E-state index >= 15 is 0 Å². The smallest absolute Gasteiger partial charge is 0.0253 e. The molecule has 0 nitrogen and oxygen atoms in total. The molecule has 3 aromatic carbocycles. The summed E-state index contributed by atoms with van der Waals surface area (Å²) >= 11 is 1.30. The van der Waals surface area contributed by atoms with E-state index in [1.807, 2.05) is 36.4 Å². The maximum Gasteiger partial charge on any atom is -0.0253 e. The SMILES string of the molecule is CCC1=[C-]C(CC)C=C1C(C)(C)C.Cl.Cl.[CH2-]C.[CH2]=[Zr].[c-]1cccc2c1Cc1ccccc1-2.[c-]1ccccc1. The van der Waals surface area contributed by atoms with Gasteiger partial charge in [0.15, 0.2) is 0 Å². The Balaban J connectivity index is 0. The van der Waals surface area contributed by atoms with Gasteiger partial charge >= 0.3 is 28.4 Å². The Morgan fingerprint density at radius 2 is 1.47 bits per heavy atom. The van der Waals surface area contributed by atoms with Crippen LogP contribution in [0, 0.1) is 36.5 Å². The minimum Gasteiger partial charge on any atom is -0.184 e. The molecule has 3 aromatic rings. The van der Waals surface area contributed by atoms with Crippen molar-refractivity contribution in [2.24, 2.45) is 11.3 Å². The van der Waals surface area contributed by atoms with Crippen molar-refractivity contribution in [2.45, 2.75) is 60.8 Å². The molecular formula is C35H44Cl2Zr-4. The normalized spacial score (nSPS) is 13.6. The van der Waals surface area contributed by atoms with Crippen molar-refractivity contribution < 1.29 is 24.2 Å². The van der Waals surface area contributed by atoms with E-state index in [-0.39, 0.29) is 24.8 Å². The first-order chi connectivity index (χ1) is 17.4. The molecule has 1 atom stereocenters. The molecule has 0 N–H and O–H groups in total. The standard InChI is InChI=1S/C13H9.C13H21.C6H5.C2H5.CH2.2ClH.Zr/c1-3-7-12-10(5-1)9-11-6-2-4-8-13(11)12;1-6-10-8-11(7-2)12(9-10)13(3,4)5;1-2-4-6-5-3-1;1-2;;;;/h1-5,7-8H,9H2;9-10H,6-7H2,1-5H3;1-5H;1H2,2H3;1H2;2*1H;/q4*-1;;;;. The molecule has 0 bridgehead atoms. The van der Waals surface area contributed by atoms with Crippen LogP contribution in [0.3, 0.4) is 0 Å². The molecule has 2 aliphatic carbocycles. The maximum atomic E-state index is 3.57. The second-order valence-corrected chi connectivity index (χ2v) is 9.30. The van der Waals surface area contributed by atoms with Gasteiger partial charge in [-0.25, -0.2) is 5.57 Å². The van der Waals surface area contributed by atoms with Gasteiger partial charge in [-0.05, 0) is 6.42 Å². The van der Waals surface area contributed by atoms with E-state index in [1.54, 1.807) is 6.92 Å². The molecule has 0 aliphatic heterocycles. The van der Waals surface area contributed by atoms with Crippen molar-refractivity contribution in [2.75, 3.05) is 0 Å². The average Bonchev–Trinajstić information content (AvgIpc) is 3.54. The van der Waals surface area contributed by atoms with Gasteiger partial charge in [0.25, 0.3) is 0 Å². The predicted molar refractivity (Wildman–Crippen MR) is 170 cm³/mol. The summed E-state index contributed by atoms with van der Waals surface area (Å²) in [5.74, 6) is 0.573. The Morgan fingerprint density at radius 3 is 1.95 bits per heavy atom. The van der Waals surface area contributed by atoms with Gasteiger partial charge in [-0.3, -0.25) is 6.08 Å². The molecule has 3 heteroatoms. The monoisotopic (exact) mass is 624 g/mol. The van der Waals surface area contributed by atoms with E-state index in [2.05, 4.69) is 106 Å². The van der Waals surface area contributed by atoms with Crippen molar-refractivity contribution >= 4 is 29.0 Å². The molecule has 0 spiro atoms. The van der Waals surface area contributed by atoms with Crippen molar-refractivity contribution in [3.8, 4) is 11.1 Å². The molecule has 0 aromatic heterocycles. The van der Waals surface area contributed by atoms with Crippen LogP contribution in [0.5, 0.6) is 0 Å². The van der Waals surface area contributed by atoms with Gasteiger partial charge < -0.3 is 6.92 Å². The molecule has 206 valence electrons. The molecule has 5 rings (SSSR count).